The molecule has 0 saturated heterocycles. The van der Waals surface area contributed by atoms with Gasteiger partial charge in [0, 0.05) is 11.9 Å². The number of aryl methyl sites for hydroxylation is 1. The van der Waals surface area contributed by atoms with Crippen LogP contribution < -0.4 is 5.32 Å². The summed E-state index contributed by atoms with van der Waals surface area (Å²) in [5, 5.41) is 12.4. The summed E-state index contributed by atoms with van der Waals surface area (Å²) >= 11 is 0. The Hall–Kier alpha value is -3.42. The summed E-state index contributed by atoms with van der Waals surface area (Å²) in [6.45, 7) is 3.82. The van der Waals surface area contributed by atoms with Crippen LogP contribution in [0.3, 0.4) is 0 Å². The molecule has 0 aliphatic carbocycles. The van der Waals surface area contributed by atoms with Crippen LogP contribution in [0.25, 0.3) is 11.1 Å². The Morgan fingerprint density at radius 2 is 1.93 bits per heavy atom. The number of nitrogens with zero attached hydrogens (tertiary/aromatic N) is 2. The van der Waals surface area contributed by atoms with Crippen LogP contribution in [0, 0.1) is 6.92 Å². The second-order valence-electron chi connectivity index (χ2n) is 6.86. The summed E-state index contributed by atoms with van der Waals surface area (Å²) in [7, 11) is 0. The lowest BCUT2D eigenvalue weighted by Crippen LogP contribution is -2.10. The molecule has 0 spiro atoms. The van der Waals surface area contributed by atoms with Crippen molar-refractivity contribution < 1.29 is 23.1 Å². The van der Waals surface area contributed by atoms with E-state index < -0.39 is 17.8 Å². The van der Waals surface area contributed by atoms with Crippen LogP contribution in [-0.2, 0) is 12.6 Å². The van der Waals surface area contributed by atoms with Gasteiger partial charge >= 0.3 is 12.1 Å². The summed E-state index contributed by atoms with van der Waals surface area (Å²) in [5.74, 6) is -1.17. The molecule has 156 valence electrons. The predicted octanol–water partition coefficient (Wildman–Crippen LogP) is 5.87. The summed E-state index contributed by atoms with van der Waals surface area (Å²) in [6.07, 6.45) is -2.16. The summed E-state index contributed by atoms with van der Waals surface area (Å²) in [6, 6.07) is 11.3. The zero-order chi connectivity index (χ0) is 21.9. The van der Waals surface area contributed by atoms with Crippen molar-refractivity contribution in [1.29, 1.82) is 0 Å². The van der Waals surface area contributed by atoms with E-state index in [9.17, 15) is 23.1 Å². The highest BCUT2D eigenvalue weighted by Gasteiger charge is 2.32. The number of carboxylic acids is 1. The molecule has 0 unspecified atom stereocenters. The molecule has 2 N–H and O–H groups in total. The summed E-state index contributed by atoms with van der Waals surface area (Å²) in [4.78, 5) is 19.0. The highest BCUT2D eigenvalue weighted by atomic mass is 19.4. The molecule has 5 nitrogen and oxygen atoms in total. The monoisotopic (exact) mass is 415 g/mol. The van der Waals surface area contributed by atoms with Crippen LogP contribution in [0.15, 0.2) is 48.7 Å². The molecule has 1 aromatic heterocycles. The zero-order valence-corrected chi connectivity index (χ0v) is 16.4. The van der Waals surface area contributed by atoms with E-state index >= 15 is 0 Å². The van der Waals surface area contributed by atoms with E-state index in [0.717, 1.165) is 40.9 Å². The molecule has 0 saturated carbocycles. The lowest BCUT2D eigenvalue weighted by molar-refractivity contribution is -0.141. The maximum absolute atomic E-state index is 12.9. The second-order valence-corrected chi connectivity index (χ2v) is 6.86. The lowest BCUT2D eigenvalue weighted by atomic mass is 9.91. The Kier molecular flexibility index (Phi) is 6.05. The maximum Gasteiger partial charge on any atom is 0.433 e. The molecule has 8 heteroatoms. The third kappa shape index (κ3) is 4.76. The van der Waals surface area contributed by atoms with Crippen molar-refractivity contribution in [3.63, 3.8) is 0 Å². The minimum Gasteiger partial charge on any atom is -0.478 e. The first-order valence-corrected chi connectivity index (χ1v) is 9.33. The van der Waals surface area contributed by atoms with Crippen molar-refractivity contribution in [2.45, 2.75) is 32.9 Å². The average Bonchev–Trinajstić information content (AvgIpc) is 2.67. The number of halogens is 3. The van der Waals surface area contributed by atoms with Crippen LogP contribution >= 0.6 is 0 Å². The second kappa shape index (κ2) is 8.52. The molecule has 30 heavy (non-hydrogen) atoms. The molecule has 0 atom stereocenters. The SMILES string of the molecule is CCCc1c(C(=O)O)cccc1-c1cc(C)cc(Nc2nccc(C(F)(F)F)n2)c1. The number of carbonyl (C=O) groups is 1. The van der Waals surface area contributed by atoms with Gasteiger partial charge in [-0.2, -0.15) is 13.2 Å². The van der Waals surface area contributed by atoms with Crippen LogP contribution in [0.4, 0.5) is 24.8 Å². The fraction of sp³-hybridized carbons (Fsp3) is 0.227. The zero-order valence-electron chi connectivity index (χ0n) is 16.4. The molecule has 0 aliphatic rings. The first kappa shape index (κ1) is 21.3. The van der Waals surface area contributed by atoms with Crippen molar-refractivity contribution >= 4 is 17.6 Å². The van der Waals surface area contributed by atoms with Crippen LogP contribution in [0.1, 0.15) is 40.5 Å². The quantitative estimate of drug-likeness (QED) is 0.527. The Morgan fingerprint density at radius 3 is 2.60 bits per heavy atom. The van der Waals surface area contributed by atoms with E-state index in [2.05, 4.69) is 15.3 Å². The van der Waals surface area contributed by atoms with E-state index in [-0.39, 0.29) is 11.5 Å². The number of alkyl halides is 3. The Morgan fingerprint density at radius 1 is 1.17 bits per heavy atom. The van der Waals surface area contributed by atoms with E-state index in [0.29, 0.717) is 12.1 Å². The summed E-state index contributed by atoms with van der Waals surface area (Å²) < 4.78 is 38.7. The van der Waals surface area contributed by atoms with Gasteiger partial charge in [-0.25, -0.2) is 14.8 Å². The van der Waals surface area contributed by atoms with Crippen LogP contribution in [-0.4, -0.2) is 21.0 Å². The molecule has 1 heterocycles. The van der Waals surface area contributed by atoms with E-state index in [4.69, 9.17) is 0 Å². The lowest BCUT2D eigenvalue weighted by Gasteiger charge is -2.15. The van der Waals surface area contributed by atoms with Gasteiger partial charge in [0.2, 0.25) is 5.95 Å². The maximum atomic E-state index is 12.9. The fourth-order valence-electron chi connectivity index (χ4n) is 3.29. The average molecular weight is 415 g/mol. The molecular formula is C22H20F3N3O2. The number of benzene rings is 2. The van der Waals surface area contributed by atoms with Gasteiger partial charge in [-0.15, -0.1) is 0 Å². The van der Waals surface area contributed by atoms with E-state index in [1.165, 1.54) is 0 Å². The number of aromatic carboxylic acids is 1. The number of hydrogen-bond acceptors (Lipinski definition) is 4. The summed E-state index contributed by atoms with van der Waals surface area (Å²) in [5.41, 5.74) is 2.82. The molecule has 2 aromatic carbocycles. The third-order valence-corrected chi connectivity index (χ3v) is 4.50. The minimum absolute atomic E-state index is 0.172. The topological polar surface area (TPSA) is 75.1 Å². The van der Waals surface area contributed by atoms with Crippen LogP contribution in [0.2, 0.25) is 0 Å². The van der Waals surface area contributed by atoms with Crippen molar-refractivity contribution in [2.75, 3.05) is 5.32 Å². The smallest absolute Gasteiger partial charge is 0.433 e. The molecule has 0 fully saturated rings. The van der Waals surface area contributed by atoms with Gasteiger partial charge in [-0.3, -0.25) is 0 Å². The number of carboxylic acid groups (broad SMARTS) is 1. The standard InChI is InChI=1S/C22H20F3N3O2/c1-3-5-17-16(6-4-7-18(17)20(29)30)14-10-13(2)11-15(12-14)27-21-26-9-8-19(28-21)22(23,24)25/h4,6-12H,3,5H2,1-2H3,(H,29,30)(H,26,27,28). The van der Waals surface area contributed by atoms with Gasteiger partial charge < -0.3 is 10.4 Å². The van der Waals surface area contributed by atoms with Crippen molar-refractivity contribution in [3.05, 3.63) is 71.0 Å². The Labute approximate surface area is 171 Å². The van der Waals surface area contributed by atoms with Gasteiger partial charge in [-0.1, -0.05) is 31.5 Å². The van der Waals surface area contributed by atoms with Crippen molar-refractivity contribution in [3.8, 4) is 11.1 Å². The van der Waals surface area contributed by atoms with Gasteiger partial charge in [0.05, 0.1) is 5.56 Å². The highest BCUT2D eigenvalue weighted by Crippen LogP contribution is 2.32. The molecule has 0 amide bonds. The van der Waals surface area contributed by atoms with E-state index in [1.54, 1.807) is 24.3 Å². The van der Waals surface area contributed by atoms with Crippen molar-refractivity contribution in [2.24, 2.45) is 0 Å². The number of aromatic nitrogens is 2. The van der Waals surface area contributed by atoms with Gasteiger partial charge in [-0.05, 0) is 59.9 Å². The number of anilines is 2. The molecule has 0 aliphatic heterocycles. The molecule has 3 aromatic rings. The van der Waals surface area contributed by atoms with Gasteiger partial charge in [0.1, 0.15) is 5.69 Å². The first-order chi connectivity index (χ1) is 14.2. The highest BCUT2D eigenvalue weighted by molar-refractivity contribution is 5.92. The van der Waals surface area contributed by atoms with Crippen LogP contribution in [0.5, 0.6) is 0 Å². The normalized spacial score (nSPS) is 11.4. The molecular weight excluding hydrogens is 395 g/mol. The third-order valence-electron chi connectivity index (χ3n) is 4.50. The number of nitrogens with one attached hydrogen (secondary N) is 1. The molecule has 3 rings (SSSR count). The van der Waals surface area contributed by atoms with Gasteiger partial charge in [0.15, 0.2) is 0 Å². The molecule has 0 bridgehead atoms. The fourth-order valence-corrected chi connectivity index (χ4v) is 3.29. The largest absolute Gasteiger partial charge is 0.478 e. The predicted molar refractivity (Wildman–Crippen MR) is 108 cm³/mol. The number of rotatable bonds is 6. The Bertz CT molecular complexity index is 1080. The minimum atomic E-state index is -4.57. The first-order valence-electron chi connectivity index (χ1n) is 9.33. The molecule has 0 radical (unpaired) electrons. The van der Waals surface area contributed by atoms with Gasteiger partial charge in [0.25, 0.3) is 0 Å². The van der Waals surface area contributed by atoms with E-state index in [1.807, 2.05) is 26.0 Å². The van der Waals surface area contributed by atoms with Crippen molar-refractivity contribution in [1.82, 2.24) is 9.97 Å². The number of hydrogen-bond donors (Lipinski definition) is 2. The Balaban J connectivity index is 2.03.